The van der Waals surface area contributed by atoms with Crippen LogP contribution < -0.4 is 0 Å². The number of carbonyl (C=O) groups is 1. The topological polar surface area (TPSA) is 49.8 Å². The molecule has 4 heteroatoms. The molecule has 0 saturated carbocycles. The standard InChI is InChI=1S/C9H17NO3/c1-10-5-7(8(11)6-10)3-4-9(12)13-2/h7-8,11H,3-6H2,1-2H3/t7-,8+/m0/s1. The molecule has 1 aliphatic rings. The first kappa shape index (κ1) is 10.5. The Bertz CT molecular complexity index is 184. The summed E-state index contributed by atoms with van der Waals surface area (Å²) in [5, 5.41) is 9.55. The van der Waals surface area contributed by atoms with Crippen LogP contribution in [0.15, 0.2) is 0 Å². The Morgan fingerprint density at radius 1 is 1.62 bits per heavy atom. The molecule has 1 rings (SSSR count). The number of aliphatic hydroxyl groups is 1. The monoisotopic (exact) mass is 187 g/mol. The fourth-order valence-electron chi connectivity index (χ4n) is 1.75. The summed E-state index contributed by atoms with van der Waals surface area (Å²) in [5.41, 5.74) is 0. The summed E-state index contributed by atoms with van der Waals surface area (Å²) in [6.45, 7) is 1.59. The predicted molar refractivity (Wildman–Crippen MR) is 48.2 cm³/mol. The second kappa shape index (κ2) is 4.58. The first-order valence-electron chi connectivity index (χ1n) is 4.57. The molecule has 0 aromatic rings. The van der Waals surface area contributed by atoms with Crippen molar-refractivity contribution in [1.82, 2.24) is 4.90 Å². The van der Waals surface area contributed by atoms with Gasteiger partial charge in [0.2, 0.25) is 0 Å². The van der Waals surface area contributed by atoms with E-state index in [2.05, 4.69) is 9.64 Å². The highest BCUT2D eigenvalue weighted by molar-refractivity contribution is 5.69. The molecule has 76 valence electrons. The van der Waals surface area contributed by atoms with Gasteiger partial charge in [0.25, 0.3) is 0 Å². The number of nitrogens with zero attached hydrogens (tertiary/aromatic N) is 1. The third-order valence-electron chi connectivity index (χ3n) is 2.54. The summed E-state index contributed by atoms with van der Waals surface area (Å²) in [5.74, 6) is 0.0332. The Kier molecular flexibility index (Phi) is 3.69. The van der Waals surface area contributed by atoms with E-state index in [1.807, 2.05) is 7.05 Å². The van der Waals surface area contributed by atoms with E-state index < -0.39 is 0 Å². The number of hydrogen-bond donors (Lipinski definition) is 1. The summed E-state index contributed by atoms with van der Waals surface area (Å²) >= 11 is 0. The molecule has 0 amide bonds. The van der Waals surface area contributed by atoms with E-state index in [-0.39, 0.29) is 18.0 Å². The third-order valence-corrected chi connectivity index (χ3v) is 2.54. The smallest absolute Gasteiger partial charge is 0.305 e. The molecule has 0 unspecified atom stereocenters. The van der Waals surface area contributed by atoms with Crippen molar-refractivity contribution < 1.29 is 14.6 Å². The lowest BCUT2D eigenvalue weighted by molar-refractivity contribution is -0.141. The lowest BCUT2D eigenvalue weighted by Gasteiger charge is -2.11. The number of likely N-dealkylation sites (tertiary alicyclic amines) is 1. The summed E-state index contributed by atoms with van der Waals surface area (Å²) in [6, 6.07) is 0. The molecular weight excluding hydrogens is 170 g/mol. The van der Waals surface area contributed by atoms with Gasteiger partial charge in [-0.05, 0) is 19.4 Å². The number of esters is 1. The van der Waals surface area contributed by atoms with E-state index >= 15 is 0 Å². The molecular formula is C9H17NO3. The zero-order chi connectivity index (χ0) is 9.84. The van der Waals surface area contributed by atoms with E-state index in [1.54, 1.807) is 0 Å². The Labute approximate surface area is 78.5 Å². The van der Waals surface area contributed by atoms with Gasteiger partial charge in [-0.1, -0.05) is 0 Å². The summed E-state index contributed by atoms with van der Waals surface area (Å²) in [7, 11) is 3.36. The zero-order valence-electron chi connectivity index (χ0n) is 8.19. The van der Waals surface area contributed by atoms with E-state index in [9.17, 15) is 9.90 Å². The van der Waals surface area contributed by atoms with Gasteiger partial charge < -0.3 is 14.7 Å². The number of methoxy groups -OCH3 is 1. The van der Waals surface area contributed by atoms with Crippen LogP contribution in [0.4, 0.5) is 0 Å². The number of likely N-dealkylation sites (N-methyl/N-ethyl adjacent to an activating group) is 1. The maximum absolute atomic E-state index is 10.8. The SMILES string of the molecule is COC(=O)CC[C@H]1CN(C)C[C@H]1O. The molecule has 0 spiro atoms. The first-order chi connectivity index (χ1) is 6.13. The van der Waals surface area contributed by atoms with Gasteiger partial charge in [0.15, 0.2) is 0 Å². The van der Waals surface area contributed by atoms with E-state index in [0.29, 0.717) is 13.0 Å². The maximum atomic E-state index is 10.8. The van der Waals surface area contributed by atoms with Gasteiger partial charge in [0, 0.05) is 19.5 Å². The molecule has 2 atom stereocenters. The largest absolute Gasteiger partial charge is 0.469 e. The van der Waals surface area contributed by atoms with Crippen LogP contribution in [0.5, 0.6) is 0 Å². The number of carbonyl (C=O) groups excluding carboxylic acids is 1. The number of hydrogen-bond acceptors (Lipinski definition) is 4. The molecule has 0 bridgehead atoms. The van der Waals surface area contributed by atoms with Crippen molar-refractivity contribution >= 4 is 5.97 Å². The molecule has 1 N–H and O–H groups in total. The van der Waals surface area contributed by atoms with Crippen LogP contribution in [0.25, 0.3) is 0 Å². The molecule has 0 aromatic heterocycles. The highest BCUT2D eigenvalue weighted by Crippen LogP contribution is 2.20. The van der Waals surface area contributed by atoms with Crippen molar-refractivity contribution in [2.75, 3.05) is 27.2 Å². The Morgan fingerprint density at radius 2 is 2.31 bits per heavy atom. The van der Waals surface area contributed by atoms with Crippen LogP contribution in [0.2, 0.25) is 0 Å². The van der Waals surface area contributed by atoms with Crippen LogP contribution in [0, 0.1) is 5.92 Å². The third kappa shape index (κ3) is 2.97. The van der Waals surface area contributed by atoms with Crippen molar-refractivity contribution in [3.8, 4) is 0 Å². The second-order valence-electron chi connectivity index (χ2n) is 3.66. The lowest BCUT2D eigenvalue weighted by Crippen LogP contribution is -2.19. The minimum atomic E-state index is -0.283. The predicted octanol–water partition coefficient (Wildman–Crippen LogP) is -0.138. The second-order valence-corrected chi connectivity index (χ2v) is 3.66. The summed E-state index contributed by atoms with van der Waals surface area (Å²) < 4.78 is 4.54. The number of β-amino-alcohol motifs (C(OH)–C–C–N with tert-alkyl or cyclic N) is 1. The summed E-state index contributed by atoms with van der Waals surface area (Å²) in [6.07, 6.45) is 0.846. The summed E-state index contributed by atoms with van der Waals surface area (Å²) in [4.78, 5) is 12.9. The van der Waals surface area contributed by atoms with Crippen LogP contribution >= 0.6 is 0 Å². The molecule has 1 saturated heterocycles. The van der Waals surface area contributed by atoms with Crippen LogP contribution in [0.1, 0.15) is 12.8 Å². The van der Waals surface area contributed by atoms with Gasteiger partial charge >= 0.3 is 5.97 Å². The molecule has 1 heterocycles. The highest BCUT2D eigenvalue weighted by Gasteiger charge is 2.29. The minimum absolute atomic E-state index is 0.193. The van der Waals surface area contributed by atoms with Crippen molar-refractivity contribution in [3.05, 3.63) is 0 Å². The fraction of sp³-hybridized carbons (Fsp3) is 0.889. The van der Waals surface area contributed by atoms with Gasteiger partial charge in [-0.3, -0.25) is 4.79 Å². The quantitative estimate of drug-likeness (QED) is 0.625. The average molecular weight is 187 g/mol. The highest BCUT2D eigenvalue weighted by atomic mass is 16.5. The zero-order valence-corrected chi connectivity index (χ0v) is 8.19. The van der Waals surface area contributed by atoms with E-state index in [4.69, 9.17) is 0 Å². The van der Waals surface area contributed by atoms with Gasteiger partial charge in [-0.2, -0.15) is 0 Å². The number of rotatable bonds is 3. The van der Waals surface area contributed by atoms with E-state index in [1.165, 1.54) is 7.11 Å². The minimum Gasteiger partial charge on any atom is -0.469 e. The molecule has 0 aromatic carbocycles. The fourth-order valence-corrected chi connectivity index (χ4v) is 1.75. The molecule has 0 radical (unpaired) electrons. The normalized spacial score (nSPS) is 29.2. The molecule has 1 aliphatic heterocycles. The van der Waals surface area contributed by atoms with Crippen LogP contribution in [0.3, 0.4) is 0 Å². The van der Waals surface area contributed by atoms with Crippen molar-refractivity contribution in [2.24, 2.45) is 5.92 Å². The Morgan fingerprint density at radius 3 is 2.77 bits per heavy atom. The maximum Gasteiger partial charge on any atom is 0.305 e. The van der Waals surface area contributed by atoms with Crippen LogP contribution in [-0.2, 0) is 9.53 Å². The van der Waals surface area contributed by atoms with Gasteiger partial charge in [-0.25, -0.2) is 0 Å². The van der Waals surface area contributed by atoms with Crippen molar-refractivity contribution in [3.63, 3.8) is 0 Å². The molecule has 4 nitrogen and oxygen atoms in total. The molecule has 1 fully saturated rings. The van der Waals surface area contributed by atoms with Gasteiger partial charge in [0.05, 0.1) is 13.2 Å². The Hall–Kier alpha value is -0.610. The first-order valence-corrected chi connectivity index (χ1v) is 4.57. The number of aliphatic hydroxyl groups excluding tert-OH is 1. The van der Waals surface area contributed by atoms with Crippen molar-refractivity contribution in [1.29, 1.82) is 0 Å². The van der Waals surface area contributed by atoms with Gasteiger partial charge in [0.1, 0.15) is 0 Å². The van der Waals surface area contributed by atoms with E-state index in [0.717, 1.165) is 13.0 Å². The molecule has 13 heavy (non-hydrogen) atoms. The van der Waals surface area contributed by atoms with Crippen LogP contribution in [-0.4, -0.2) is 49.3 Å². The number of ether oxygens (including phenoxy) is 1. The average Bonchev–Trinajstić information content (AvgIpc) is 2.41. The Balaban J connectivity index is 2.25. The molecule has 0 aliphatic carbocycles. The van der Waals surface area contributed by atoms with Gasteiger partial charge in [-0.15, -0.1) is 0 Å². The lowest BCUT2D eigenvalue weighted by atomic mass is 10.0. The van der Waals surface area contributed by atoms with Crippen molar-refractivity contribution in [2.45, 2.75) is 18.9 Å².